The molecule has 0 bridgehead atoms. The molecule has 2 atom stereocenters. The van der Waals surface area contributed by atoms with Crippen LogP contribution in [-0.4, -0.2) is 52.9 Å². The van der Waals surface area contributed by atoms with E-state index in [9.17, 15) is 41.0 Å². The highest BCUT2D eigenvalue weighted by molar-refractivity contribution is 6.34. The minimum Gasteiger partial charge on any atom is -0.455 e. The molecule has 0 saturated heterocycles. The number of H-pyrrole nitrogens is 1. The van der Waals surface area contributed by atoms with Crippen molar-refractivity contribution in [1.82, 2.24) is 29.5 Å². The van der Waals surface area contributed by atoms with Crippen LogP contribution < -0.4 is 5.69 Å². The van der Waals surface area contributed by atoms with Crippen LogP contribution in [0.15, 0.2) is 41.2 Å². The van der Waals surface area contributed by atoms with Crippen LogP contribution >= 0.6 is 23.2 Å². The summed E-state index contributed by atoms with van der Waals surface area (Å²) in [4.78, 5) is 28.6. The molecule has 0 amide bonds. The Bertz CT molecular complexity index is 1700. The number of aromatic amines is 1. The quantitative estimate of drug-likeness (QED) is 0.192. The number of carbonyl (C=O) groups is 1. The molecule has 2 aromatic heterocycles. The number of halogens is 8. The van der Waals surface area contributed by atoms with E-state index in [1.807, 2.05) is 0 Å². The minimum atomic E-state index is -5.11. The fourth-order valence-corrected chi connectivity index (χ4v) is 4.48. The number of benzene rings is 2. The van der Waals surface area contributed by atoms with Crippen LogP contribution in [0.5, 0.6) is 0 Å². The van der Waals surface area contributed by atoms with Crippen LogP contribution in [0.1, 0.15) is 36.9 Å². The third-order valence-corrected chi connectivity index (χ3v) is 6.77. The molecule has 2 N–H and O–H groups in total. The molecule has 10 nitrogen and oxygen atoms in total. The summed E-state index contributed by atoms with van der Waals surface area (Å²) in [5.41, 5.74) is -3.16. The second-order valence-corrected chi connectivity index (χ2v) is 10.0. The first-order chi connectivity index (χ1) is 20.0. The molecule has 0 aliphatic carbocycles. The maximum atomic E-state index is 14.1. The molecule has 4 rings (SSSR count). The standard InChI is InChI=1S/C25H20Cl2F6N6O4/c1-11(43-12(2)40)20-34-21(36-35-20)15-7-8-17(24(28,29)30)16(19(15)27)9-39-23(42)38(10-18(41)25(31,32)33)22(37-39)13-3-5-14(26)6-4-13/h3-8,11,18,41H,9-10H2,1-2H3,(H,34,35,36)/t11-,18-/m0/s1. The van der Waals surface area contributed by atoms with Crippen molar-refractivity contribution in [2.75, 3.05) is 0 Å². The molecule has 0 radical (unpaired) electrons. The Balaban J connectivity index is 1.84. The summed E-state index contributed by atoms with van der Waals surface area (Å²) in [5, 5.41) is 19.8. The number of alkyl halides is 6. The number of carbonyl (C=O) groups excluding carboxylic acids is 1. The van der Waals surface area contributed by atoms with Gasteiger partial charge in [0.2, 0.25) is 0 Å². The Hall–Kier alpha value is -3.89. The van der Waals surface area contributed by atoms with Gasteiger partial charge in [-0.05, 0) is 43.3 Å². The van der Waals surface area contributed by atoms with E-state index in [4.69, 9.17) is 27.9 Å². The second-order valence-electron chi connectivity index (χ2n) is 9.19. The molecule has 4 aromatic rings. The highest BCUT2D eigenvalue weighted by atomic mass is 35.5. The van der Waals surface area contributed by atoms with Gasteiger partial charge in [0.1, 0.15) is 0 Å². The summed E-state index contributed by atoms with van der Waals surface area (Å²) in [7, 11) is 0. The van der Waals surface area contributed by atoms with Crippen molar-refractivity contribution in [3.8, 4) is 22.8 Å². The van der Waals surface area contributed by atoms with Gasteiger partial charge < -0.3 is 9.84 Å². The molecule has 0 aliphatic heterocycles. The van der Waals surface area contributed by atoms with Crippen LogP contribution in [0.25, 0.3) is 22.8 Å². The minimum absolute atomic E-state index is 0.0634. The van der Waals surface area contributed by atoms with E-state index in [-0.39, 0.29) is 33.6 Å². The summed E-state index contributed by atoms with van der Waals surface area (Å²) in [6.07, 6.45) is -13.9. The maximum Gasteiger partial charge on any atom is 0.416 e. The van der Waals surface area contributed by atoms with Gasteiger partial charge in [0.15, 0.2) is 29.7 Å². The van der Waals surface area contributed by atoms with Crippen molar-refractivity contribution in [3.05, 3.63) is 73.9 Å². The third kappa shape index (κ3) is 7.02. The van der Waals surface area contributed by atoms with Crippen molar-refractivity contribution in [2.45, 2.75) is 51.5 Å². The van der Waals surface area contributed by atoms with Crippen molar-refractivity contribution >= 4 is 29.2 Å². The summed E-state index contributed by atoms with van der Waals surface area (Å²) in [5.74, 6) is -1.09. The first kappa shape index (κ1) is 32.0. The van der Waals surface area contributed by atoms with E-state index >= 15 is 0 Å². The molecular weight excluding hydrogens is 633 g/mol. The topological polar surface area (TPSA) is 128 Å². The molecular formula is C25H20Cl2F6N6O4. The molecule has 2 heterocycles. The van der Waals surface area contributed by atoms with Crippen LogP contribution in [0.4, 0.5) is 26.3 Å². The number of rotatable bonds is 8. The fraction of sp³-hybridized carbons (Fsp3) is 0.320. The second kappa shape index (κ2) is 12.0. The lowest BCUT2D eigenvalue weighted by atomic mass is 10.0. The first-order valence-electron chi connectivity index (χ1n) is 12.1. The van der Waals surface area contributed by atoms with Gasteiger partial charge in [-0.3, -0.25) is 14.5 Å². The maximum absolute atomic E-state index is 14.1. The average molecular weight is 653 g/mol. The highest BCUT2D eigenvalue weighted by Crippen LogP contribution is 2.39. The fourth-order valence-electron chi connectivity index (χ4n) is 4.04. The molecule has 0 fully saturated rings. The molecule has 230 valence electrons. The highest BCUT2D eigenvalue weighted by Gasteiger charge is 2.40. The summed E-state index contributed by atoms with van der Waals surface area (Å²) in [6, 6.07) is 7.06. The molecule has 2 aromatic carbocycles. The predicted molar refractivity (Wildman–Crippen MR) is 140 cm³/mol. The van der Waals surface area contributed by atoms with Crippen molar-refractivity contribution in [1.29, 1.82) is 0 Å². The van der Waals surface area contributed by atoms with Gasteiger partial charge in [-0.1, -0.05) is 23.2 Å². The van der Waals surface area contributed by atoms with Gasteiger partial charge in [0.05, 0.1) is 23.7 Å². The Kier molecular flexibility index (Phi) is 8.95. The number of hydrogen-bond acceptors (Lipinski definition) is 7. The van der Waals surface area contributed by atoms with Gasteiger partial charge in [-0.15, -0.1) is 5.10 Å². The van der Waals surface area contributed by atoms with E-state index in [1.54, 1.807) is 0 Å². The van der Waals surface area contributed by atoms with E-state index in [0.717, 1.165) is 13.0 Å². The lowest BCUT2D eigenvalue weighted by molar-refractivity contribution is -0.207. The normalized spacial score (nSPS) is 13.7. The van der Waals surface area contributed by atoms with Gasteiger partial charge in [0, 0.05) is 28.6 Å². The summed E-state index contributed by atoms with van der Waals surface area (Å²) >= 11 is 12.3. The SMILES string of the molecule is CC(=O)O[C@@H](C)c1nc(-c2ccc(C(F)(F)F)c(Cn3nc(-c4ccc(Cl)cc4)n(C[C@H](O)C(F)(F)F)c3=O)c2Cl)n[nH]1. The third-order valence-electron chi connectivity index (χ3n) is 6.09. The Labute approximate surface area is 247 Å². The van der Waals surface area contributed by atoms with Gasteiger partial charge in [0.25, 0.3) is 0 Å². The number of esters is 1. The Morgan fingerprint density at radius 1 is 1.09 bits per heavy atom. The van der Waals surface area contributed by atoms with Crippen molar-refractivity contribution < 1.29 is 41.0 Å². The zero-order valence-corrected chi connectivity index (χ0v) is 23.5. The van der Waals surface area contributed by atoms with Crippen LogP contribution in [-0.2, 0) is 28.8 Å². The van der Waals surface area contributed by atoms with Gasteiger partial charge >= 0.3 is 24.0 Å². The molecule has 43 heavy (non-hydrogen) atoms. The lowest BCUT2D eigenvalue weighted by Crippen LogP contribution is -2.37. The summed E-state index contributed by atoms with van der Waals surface area (Å²) < 4.78 is 87.7. The first-order valence-corrected chi connectivity index (χ1v) is 12.9. The Morgan fingerprint density at radius 2 is 1.74 bits per heavy atom. The molecule has 0 spiro atoms. The number of aliphatic hydroxyl groups is 1. The number of hydrogen-bond donors (Lipinski definition) is 2. The van der Waals surface area contributed by atoms with E-state index in [2.05, 4.69) is 20.3 Å². The smallest absolute Gasteiger partial charge is 0.416 e. The zero-order valence-electron chi connectivity index (χ0n) is 22.0. The van der Waals surface area contributed by atoms with E-state index in [0.29, 0.717) is 15.3 Å². The van der Waals surface area contributed by atoms with Crippen LogP contribution in [0.3, 0.4) is 0 Å². The number of nitrogens with zero attached hydrogens (tertiary/aromatic N) is 5. The monoisotopic (exact) mass is 652 g/mol. The largest absolute Gasteiger partial charge is 0.455 e. The van der Waals surface area contributed by atoms with E-state index in [1.165, 1.54) is 31.2 Å². The molecule has 0 aliphatic rings. The number of nitrogens with one attached hydrogen (secondary N) is 1. The van der Waals surface area contributed by atoms with Crippen LogP contribution in [0.2, 0.25) is 10.0 Å². The number of aliphatic hydroxyl groups excluding tert-OH is 1. The van der Waals surface area contributed by atoms with Gasteiger partial charge in [-0.25, -0.2) is 14.5 Å². The van der Waals surface area contributed by atoms with Crippen LogP contribution in [0, 0.1) is 0 Å². The number of ether oxygens (including phenoxy) is 1. The van der Waals surface area contributed by atoms with Gasteiger partial charge in [-0.2, -0.15) is 31.4 Å². The number of aromatic nitrogens is 6. The van der Waals surface area contributed by atoms with Crippen molar-refractivity contribution in [2.24, 2.45) is 0 Å². The lowest BCUT2D eigenvalue weighted by Gasteiger charge is -2.16. The molecule has 0 saturated carbocycles. The summed E-state index contributed by atoms with van der Waals surface area (Å²) in [6.45, 7) is 0.415. The Morgan fingerprint density at radius 3 is 2.33 bits per heavy atom. The molecule has 0 unspecified atom stereocenters. The van der Waals surface area contributed by atoms with Crippen molar-refractivity contribution in [3.63, 3.8) is 0 Å². The average Bonchev–Trinajstić information content (AvgIpc) is 3.50. The molecule has 18 heteroatoms. The van der Waals surface area contributed by atoms with E-state index < -0.39 is 65.5 Å². The zero-order chi connectivity index (χ0) is 31.9. The predicted octanol–water partition coefficient (Wildman–Crippen LogP) is 5.42.